The fourth-order valence-corrected chi connectivity index (χ4v) is 6.27. The third kappa shape index (κ3) is 6.69. The van der Waals surface area contributed by atoms with Gasteiger partial charge in [0.2, 0.25) is 5.91 Å². The van der Waals surface area contributed by atoms with Gasteiger partial charge in [0.05, 0.1) is 12.2 Å². The number of hydrogen-bond donors (Lipinski definition) is 2. The summed E-state index contributed by atoms with van der Waals surface area (Å²) in [4.78, 5) is 28.1. The summed E-state index contributed by atoms with van der Waals surface area (Å²) >= 11 is 6.44. The number of benzene rings is 2. The normalized spacial score (nSPS) is 20.5. The Hall–Kier alpha value is -3.66. The number of carboxylic acids is 1. The van der Waals surface area contributed by atoms with Gasteiger partial charge in [-0.2, -0.15) is 5.10 Å². The Labute approximate surface area is 249 Å². The lowest BCUT2D eigenvalue weighted by Crippen LogP contribution is -2.38. The highest BCUT2D eigenvalue weighted by Crippen LogP contribution is 2.38. The number of nitrogens with zero attached hydrogens (tertiary/aromatic N) is 4. The zero-order chi connectivity index (χ0) is 29.8. The van der Waals surface area contributed by atoms with Crippen molar-refractivity contribution in [3.8, 4) is 11.1 Å². The fourth-order valence-electron chi connectivity index (χ4n) is 6.10. The van der Waals surface area contributed by atoms with Crippen molar-refractivity contribution in [2.45, 2.75) is 51.5 Å². The summed E-state index contributed by atoms with van der Waals surface area (Å²) in [6, 6.07) is 13.6. The van der Waals surface area contributed by atoms with E-state index in [1.807, 2.05) is 18.2 Å². The first kappa shape index (κ1) is 29.8. The second kappa shape index (κ2) is 13.1. The van der Waals surface area contributed by atoms with Crippen molar-refractivity contribution in [2.75, 3.05) is 42.5 Å². The van der Waals surface area contributed by atoms with Gasteiger partial charge in [-0.25, -0.2) is 13.6 Å². The van der Waals surface area contributed by atoms with Crippen LogP contribution in [0.1, 0.15) is 67.5 Å². The van der Waals surface area contributed by atoms with Gasteiger partial charge in [0, 0.05) is 61.1 Å². The molecule has 0 radical (unpaired) electrons. The first-order valence-corrected chi connectivity index (χ1v) is 14.8. The molecule has 2 aliphatic rings. The molecule has 2 aromatic carbocycles. The summed E-state index contributed by atoms with van der Waals surface area (Å²) < 4.78 is 29.0. The average Bonchev–Trinajstić information content (AvgIpc) is 3.43. The van der Waals surface area contributed by atoms with Crippen LogP contribution in [0.5, 0.6) is 0 Å². The van der Waals surface area contributed by atoms with E-state index >= 15 is 0 Å². The van der Waals surface area contributed by atoms with Crippen LogP contribution in [0.2, 0.25) is 5.02 Å². The minimum absolute atomic E-state index is 0.107. The summed E-state index contributed by atoms with van der Waals surface area (Å²) in [5.74, 6) is -0.944. The van der Waals surface area contributed by atoms with Crippen LogP contribution in [0, 0.1) is 5.92 Å². The van der Waals surface area contributed by atoms with E-state index in [0.717, 1.165) is 61.1 Å². The summed E-state index contributed by atoms with van der Waals surface area (Å²) in [6.45, 7) is 5.47. The smallest absolute Gasteiger partial charge is 0.339 e. The minimum atomic E-state index is -2.95. The molecule has 0 spiro atoms. The molecule has 3 aromatic rings. The standard InChI is InChI=1S/C31H36ClF2N5O3/c1-20-4-2-13-37(15-12-35-28(40)16-20)23-9-6-21(7-10-23)25-11-8-22(32)17-27(25)38-14-3-5-24(19-38)39-29(30(33)34)26(18-36-39)31(41)42/h6-11,17-18,20,24,30H,2-5,12-16,19H2,1H3,(H,35,40)(H,41,42). The van der Waals surface area contributed by atoms with Crippen molar-refractivity contribution in [2.24, 2.45) is 5.92 Å². The van der Waals surface area contributed by atoms with Gasteiger partial charge in [0.15, 0.2) is 0 Å². The first-order chi connectivity index (χ1) is 20.2. The molecule has 2 aliphatic heterocycles. The molecule has 1 aromatic heterocycles. The summed E-state index contributed by atoms with van der Waals surface area (Å²) in [7, 11) is 0. The molecule has 1 amide bonds. The van der Waals surface area contributed by atoms with Crippen LogP contribution in [-0.4, -0.2) is 59.5 Å². The van der Waals surface area contributed by atoms with Gasteiger partial charge >= 0.3 is 5.97 Å². The summed E-state index contributed by atoms with van der Waals surface area (Å²) in [5.41, 5.74) is 2.92. The Balaban J connectivity index is 1.38. The number of piperidine rings is 1. The van der Waals surface area contributed by atoms with Crippen molar-refractivity contribution in [1.82, 2.24) is 15.1 Å². The van der Waals surface area contributed by atoms with E-state index in [2.05, 4.69) is 51.4 Å². The Morgan fingerprint density at radius 3 is 2.55 bits per heavy atom. The molecule has 5 rings (SSSR count). The molecule has 2 saturated heterocycles. The van der Waals surface area contributed by atoms with Crippen molar-refractivity contribution >= 4 is 34.9 Å². The van der Waals surface area contributed by atoms with Gasteiger partial charge in [-0.05, 0) is 61.4 Å². The van der Waals surface area contributed by atoms with E-state index in [-0.39, 0.29) is 5.91 Å². The molecule has 2 unspecified atom stereocenters. The van der Waals surface area contributed by atoms with Crippen molar-refractivity contribution in [3.05, 3.63) is 64.9 Å². The minimum Gasteiger partial charge on any atom is -0.478 e. The fraction of sp³-hybridized carbons (Fsp3) is 0.452. The molecule has 11 heteroatoms. The summed E-state index contributed by atoms with van der Waals surface area (Å²) in [6.07, 6.45) is 2.00. The molecule has 2 N–H and O–H groups in total. The number of nitrogens with one attached hydrogen (secondary N) is 1. The summed E-state index contributed by atoms with van der Waals surface area (Å²) in [5, 5.41) is 17.1. The van der Waals surface area contributed by atoms with E-state index < -0.39 is 29.7 Å². The van der Waals surface area contributed by atoms with Crippen LogP contribution >= 0.6 is 11.6 Å². The SMILES string of the molecule is CC1CCCN(c2ccc(-c3ccc(Cl)cc3N3CCCC(n4ncc(C(=O)O)c4C(F)F)C3)cc2)CCNC(=O)C1. The molecule has 3 heterocycles. The lowest BCUT2D eigenvalue weighted by atomic mass is 9.98. The van der Waals surface area contributed by atoms with E-state index in [4.69, 9.17) is 11.6 Å². The van der Waals surface area contributed by atoms with Crippen LogP contribution in [-0.2, 0) is 4.79 Å². The van der Waals surface area contributed by atoms with E-state index in [1.54, 1.807) is 0 Å². The monoisotopic (exact) mass is 599 g/mol. The highest BCUT2D eigenvalue weighted by atomic mass is 35.5. The quantitative estimate of drug-likeness (QED) is 0.340. The Bertz CT molecular complexity index is 1410. The van der Waals surface area contributed by atoms with Gasteiger partial charge in [-0.1, -0.05) is 36.7 Å². The zero-order valence-electron chi connectivity index (χ0n) is 23.6. The second-order valence-electron chi connectivity index (χ2n) is 11.2. The zero-order valence-corrected chi connectivity index (χ0v) is 24.4. The number of hydrogen-bond acceptors (Lipinski definition) is 5. The number of aromatic nitrogens is 2. The van der Waals surface area contributed by atoms with Gasteiger partial charge < -0.3 is 20.2 Å². The predicted octanol–water partition coefficient (Wildman–Crippen LogP) is 6.42. The number of aromatic carboxylic acids is 1. The number of rotatable bonds is 6. The number of anilines is 2. The predicted molar refractivity (Wildman–Crippen MR) is 160 cm³/mol. The largest absolute Gasteiger partial charge is 0.478 e. The van der Waals surface area contributed by atoms with Crippen molar-refractivity contribution in [3.63, 3.8) is 0 Å². The average molecular weight is 600 g/mol. The van der Waals surface area contributed by atoms with E-state index in [0.29, 0.717) is 43.4 Å². The Morgan fingerprint density at radius 1 is 1.07 bits per heavy atom. The Kier molecular flexibility index (Phi) is 9.30. The number of alkyl halides is 2. The molecule has 224 valence electrons. The maximum absolute atomic E-state index is 13.9. The number of carboxylic acid groups (broad SMARTS) is 1. The van der Waals surface area contributed by atoms with Crippen LogP contribution in [0.25, 0.3) is 11.1 Å². The molecule has 0 aliphatic carbocycles. The number of halogens is 3. The first-order valence-electron chi connectivity index (χ1n) is 14.5. The highest BCUT2D eigenvalue weighted by molar-refractivity contribution is 6.31. The third-order valence-electron chi connectivity index (χ3n) is 8.22. The lowest BCUT2D eigenvalue weighted by molar-refractivity contribution is -0.121. The molecule has 2 fully saturated rings. The third-order valence-corrected chi connectivity index (χ3v) is 8.46. The van der Waals surface area contributed by atoms with Crippen LogP contribution < -0.4 is 15.1 Å². The molecule has 2 atom stereocenters. The number of carbonyl (C=O) groups excluding carboxylic acids is 1. The van der Waals surface area contributed by atoms with Crippen molar-refractivity contribution < 1.29 is 23.5 Å². The molecule has 0 saturated carbocycles. The van der Waals surface area contributed by atoms with Gasteiger partial charge in [0.1, 0.15) is 11.3 Å². The molecule has 0 bridgehead atoms. The van der Waals surface area contributed by atoms with Crippen LogP contribution in [0.15, 0.2) is 48.7 Å². The molecular formula is C31H36ClF2N5O3. The van der Waals surface area contributed by atoms with Gasteiger partial charge in [-0.3, -0.25) is 9.48 Å². The molecule has 8 nitrogen and oxygen atoms in total. The number of amides is 1. The van der Waals surface area contributed by atoms with Crippen LogP contribution in [0.4, 0.5) is 20.2 Å². The maximum Gasteiger partial charge on any atom is 0.339 e. The van der Waals surface area contributed by atoms with Crippen LogP contribution in [0.3, 0.4) is 0 Å². The van der Waals surface area contributed by atoms with E-state index in [9.17, 15) is 23.5 Å². The maximum atomic E-state index is 13.9. The second-order valence-corrected chi connectivity index (χ2v) is 11.7. The van der Waals surface area contributed by atoms with E-state index in [1.165, 1.54) is 4.68 Å². The van der Waals surface area contributed by atoms with Gasteiger partial charge in [0.25, 0.3) is 6.43 Å². The number of carbonyl (C=O) groups is 2. The topological polar surface area (TPSA) is 90.7 Å². The highest BCUT2D eigenvalue weighted by Gasteiger charge is 2.31. The molecular weight excluding hydrogens is 564 g/mol. The molecule has 42 heavy (non-hydrogen) atoms. The lowest BCUT2D eigenvalue weighted by Gasteiger charge is -2.36. The Morgan fingerprint density at radius 2 is 1.81 bits per heavy atom. The van der Waals surface area contributed by atoms with Crippen molar-refractivity contribution in [1.29, 1.82) is 0 Å². The van der Waals surface area contributed by atoms with Gasteiger partial charge in [-0.15, -0.1) is 0 Å².